The maximum Gasteiger partial charge on any atom is 0.0854 e. The third kappa shape index (κ3) is 3.28. The molecule has 0 amide bonds. The molecule has 0 saturated carbocycles. The molecule has 0 saturated heterocycles. The smallest absolute Gasteiger partial charge is 0.0854 e. The van der Waals surface area contributed by atoms with Crippen LogP contribution < -0.4 is 5.32 Å². The molecule has 1 aromatic heterocycles. The van der Waals surface area contributed by atoms with Crippen molar-refractivity contribution in [2.75, 3.05) is 6.54 Å². The van der Waals surface area contributed by atoms with E-state index in [1.165, 1.54) is 0 Å². The van der Waals surface area contributed by atoms with E-state index in [9.17, 15) is 0 Å². The first kappa shape index (κ1) is 9.78. The van der Waals surface area contributed by atoms with Crippen LogP contribution in [0.1, 0.15) is 19.5 Å². The Labute approximate surface area is 79.7 Å². The lowest BCUT2D eigenvalue weighted by Crippen LogP contribution is -2.17. The highest BCUT2D eigenvalue weighted by Gasteiger charge is 1.98. The van der Waals surface area contributed by atoms with Crippen molar-refractivity contribution in [2.24, 2.45) is 5.92 Å². The Balaban J connectivity index is 2.50. The predicted octanol–water partition coefficient (Wildman–Crippen LogP) is 2.30. The van der Waals surface area contributed by atoms with E-state index < -0.39 is 0 Å². The molecule has 1 N–H and O–H groups in total. The molecule has 1 rings (SSSR count). The SMILES string of the molecule is C=C(NCC(C)C)c1ccccn1. The van der Waals surface area contributed by atoms with Crippen LogP contribution in [0.5, 0.6) is 0 Å². The molecule has 0 aliphatic rings. The Morgan fingerprint density at radius 1 is 1.54 bits per heavy atom. The molecule has 0 fully saturated rings. The first-order valence-electron chi connectivity index (χ1n) is 4.54. The van der Waals surface area contributed by atoms with Gasteiger partial charge in [-0.3, -0.25) is 4.98 Å². The van der Waals surface area contributed by atoms with E-state index in [1.807, 2.05) is 18.2 Å². The van der Waals surface area contributed by atoms with Crippen molar-refractivity contribution in [3.63, 3.8) is 0 Å². The highest BCUT2D eigenvalue weighted by atomic mass is 14.9. The molecule has 13 heavy (non-hydrogen) atoms. The molecule has 0 aliphatic heterocycles. The minimum Gasteiger partial charge on any atom is -0.384 e. The zero-order chi connectivity index (χ0) is 9.68. The lowest BCUT2D eigenvalue weighted by molar-refractivity contribution is 0.617. The van der Waals surface area contributed by atoms with Crippen molar-refractivity contribution in [1.82, 2.24) is 10.3 Å². The third-order valence-electron chi connectivity index (χ3n) is 1.70. The number of aromatic nitrogens is 1. The lowest BCUT2D eigenvalue weighted by Gasteiger charge is -2.10. The van der Waals surface area contributed by atoms with Gasteiger partial charge < -0.3 is 5.32 Å². The number of hydrogen-bond acceptors (Lipinski definition) is 2. The average Bonchev–Trinajstić information content (AvgIpc) is 2.15. The minimum absolute atomic E-state index is 0.625. The monoisotopic (exact) mass is 176 g/mol. The molecule has 0 bridgehead atoms. The second kappa shape index (κ2) is 4.65. The first-order valence-corrected chi connectivity index (χ1v) is 4.54. The summed E-state index contributed by atoms with van der Waals surface area (Å²) in [5, 5.41) is 3.24. The summed E-state index contributed by atoms with van der Waals surface area (Å²) in [6.45, 7) is 9.19. The summed E-state index contributed by atoms with van der Waals surface area (Å²) in [5.41, 5.74) is 1.82. The number of hydrogen-bond donors (Lipinski definition) is 1. The predicted molar refractivity (Wildman–Crippen MR) is 56.1 cm³/mol. The van der Waals surface area contributed by atoms with Crippen LogP contribution >= 0.6 is 0 Å². The summed E-state index contributed by atoms with van der Waals surface area (Å²) in [5.74, 6) is 0.625. The highest BCUT2D eigenvalue weighted by Crippen LogP contribution is 2.04. The molecule has 2 heteroatoms. The van der Waals surface area contributed by atoms with Gasteiger partial charge in [0.1, 0.15) is 0 Å². The van der Waals surface area contributed by atoms with Gasteiger partial charge in [0.2, 0.25) is 0 Å². The fourth-order valence-corrected chi connectivity index (χ4v) is 0.959. The molecule has 70 valence electrons. The summed E-state index contributed by atoms with van der Waals surface area (Å²) in [4.78, 5) is 4.19. The van der Waals surface area contributed by atoms with Gasteiger partial charge in [-0.05, 0) is 18.1 Å². The summed E-state index contributed by atoms with van der Waals surface area (Å²) in [6, 6.07) is 5.82. The molecule has 1 heterocycles. The molecule has 0 aliphatic carbocycles. The zero-order valence-corrected chi connectivity index (χ0v) is 8.25. The minimum atomic E-state index is 0.625. The summed E-state index contributed by atoms with van der Waals surface area (Å²) < 4.78 is 0. The van der Waals surface area contributed by atoms with Crippen LogP contribution in [0.15, 0.2) is 31.0 Å². The van der Waals surface area contributed by atoms with Gasteiger partial charge in [-0.15, -0.1) is 0 Å². The number of pyridine rings is 1. The summed E-state index contributed by atoms with van der Waals surface area (Å²) in [7, 11) is 0. The van der Waals surface area contributed by atoms with Gasteiger partial charge in [-0.1, -0.05) is 26.5 Å². The second-order valence-electron chi connectivity index (χ2n) is 3.47. The molecular formula is C11H16N2. The van der Waals surface area contributed by atoms with Crippen LogP contribution in [0.3, 0.4) is 0 Å². The van der Waals surface area contributed by atoms with Crippen LogP contribution in [0.4, 0.5) is 0 Å². The molecule has 0 spiro atoms. The van der Waals surface area contributed by atoms with E-state index in [0.717, 1.165) is 17.9 Å². The highest BCUT2D eigenvalue weighted by molar-refractivity contribution is 5.57. The Morgan fingerprint density at radius 2 is 2.31 bits per heavy atom. The molecule has 0 radical (unpaired) electrons. The van der Waals surface area contributed by atoms with Gasteiger partial charge in [0.15, 0.2) is 0 Å². The number of nitrogens with zero attached hydrogens (tertiary/aromatic N) is 1. The van der Waals surface area contributed by atoms with Gasteiger partial charge in [-0.2, -0.15) is 0 Å². The van der Waals surface area contributed by atoms with Crippen molar-refractivity contribution < 1.29 is 0 Å². The molecule has 1 aromatic rings. The molecule has 2 nitrogen and oxygen atoms in total. The Hall–Kier alpha value is -1.31. The van der Waals surface area contributed by atoms with Gasteiger partial charge in [0.25, 0.3) is 0 Å². The zero-order valence-electron chi connectivity index (χ0n) is 8.25. The fraction of sp³-hybridized carbons (Fsp3) is 0.364. The van der Waals surface area contributed by atoms with Crippen molar-refractivity contribution in [2.45, 2.75) is 13.8 Å². The van der Waals surface area contributed by atoms with Gasteiger partial charge in [0, 0.05) is 12.7 Å². The van der Waals surface area contributed by atoms with E-state index in [2.05, 4.69) is 30.7 Å². The normalized spacial score (nSPS) is 10.1. The van der Waals surface area contributed by atoms with E-state index in [1.54, 1.807) is 6.20 Å². The van der Waals surface area contributed by atoms with Gasteiger partial charge in [0.05, 0.1) is 11.4 Å². The maximum atomic E-state index is 4.19. The van der Waals surface area contributed by atoms with E-state index >= 15 is 0 Å². The Bertz CT molecular complexity index is 265. The second-order valence-corrected chi connectivity index (χ2v) is 3.47. The lowest BCUT2D eigenvalue weighted by atomic mass is 10.2. The largest absolute Gasteiger partial charge is 0.384 e. The van der Waals surface area contributed by atoms with Crippen molar-refractivity contribution in [3.8, 4) is 0 Å². The topological polar surface area (TPSA) is 24.9 Å². The molecule has 0 atom stereocenters. The first-order chi connectivity index (χ1) is 6.20. The van der Waals surface area contributed by atoms with E-state index in [0.29, 0.717) is 5.92 Å². The van der Waals surface area contributed by atoms with Crippen molar-refractivity contribution in [3.05, 3.63) is 36.7 Å². The third-order valence-corrected chi connectivity index (χ3v) is 1.70. The molecular weight excluding hydrogens is 160 g/mol. The van der Waals surface area contributed by atoms with E-state index in [4.69, 9.17) is 0 Å². The van der Waals surface area contributed by atoms with Crippen LogP contribution in [-0.4, -0.2) is 11.5 Å². The molecule has 0 unspecified atom stereocenters. The summed E-state index contributed by atoms with van der Waals surface area (Å²) in [6.07, 6.45) is 1.78. The Kier molecular flexibility index (Phi) is 3.50. The maximum absolute atomic E-state index is 4.19. The van der Waals surface area contributed by atoms with Crippen molar-refractivity contribution >= 4 is 5.70 Å². The van der Waals surface area contributed by atoms with Crippen molar-refractivity contribution in [1.29, 1.82) is 0 Å². The Morgan fingerprint density at radius 3 is 2.85 bits per heavy atom. The van der Waals surface area contributed by atoms with Gasteiger partial charge >= 0.3 is 0 Å². The fourth-order valence-electron chi connectivity index (χ4n) is 0.959. The van der Waals surface area contributed by atoms with E-state index in [-0.39, 0.29) is 0 Å². The van der Waals surface area contributed by atoms with Crippen LogP contribution in [0, 0.1) is 5.92 Å². The standard InChI is InChI=1S/C11H16N2/c1-9(2)8-13-10(3)11-6-4-5-7-12-11/h4-7,9,13H,3,8H2,1-2H3. The molecule has 0 aromatic carbocycles. The average molecular weight is 176 g/mol. The number of rotatable bonds is 4. The van der Waals surface area contributed by atoms with Gasteiger partial charge in [-0.25, -0.2) is 0 Å². The summed E-state index contributed by atoms with van der Waals surface area (Å²) >= 11 is 0. The van der Waals surface area contributed by atoms with Crippen LogP contribution in [0.2, 0.25) is 0 Å². The number of nitrogens with one attached hydrogen (secondary N) is 1. The quantitative estimate of drug-likeness (QED) is 0.761. The van der Waals surface area contributed by atoms with Crippen LogP contribution in [-0.2, 0) is 0 Å². The van der Waals surface area contributed by atoms with Crippen LogP contribution in [0.25, 0.3) is 5.70 Å².